The van der Waals surface area contributed by atoms with Gasteiger partial charge in [-0.1, -0.05) is 32.9 Å². The van der Waals surface area contributed by atoms with Gasteiger partial charge < -0.3 is 5.32 Å². The summed E-state index contributed by atoms with van der Waals surface area (Å²) in [6, 6.07) is 7.51. The van der Waals surface area contributed by atoms with Crippen molar-refractivity contribution < 1.29 is 8.42 Å². The first kappa shape index (κ1) is 16.3. The van der Waals surface area contributed by atoms with Crippen molar-refractivity contribution in [2.45, 2.75) is 57.4 Å². The molecule has 2 rings (SSSR count). The number of anilines is 1. The smallest absolute Gasteiger partial charge is 0.242 e. The predicted octanol–water partition coefficient (Wildman–Crippen LogP) is 3.37. The van der Waals surface area contributed by atoms with E-state index < -0.39 is 10.0 Å². The molecule has 118 valence electrons. The molecule has 0 aromatic heterocycles. The second-order valence-corrected chi connectivity index (χ2v) is 8.32. The van der Waals surface area contributed by atoms with Crippen LogP contribution in [0.3, 0.4) is 0 Å². The molecule has 0 heterocycles. The second kappa shape index (κ2) is 6.36. The molecule has 0 spiro atoms. The summed E-state index contributed by atoms with van der Waals surface area (Å²) in [7, 11) is -3.43. The molecular formula is C16H26N2O2S. The van der Waals surface area contributed by atoms with E-state index in [0.717, 1.165) is 12.8 Å². The van der Waals surface area contributed by atoms with Gasteiger partial charge in [-0.05, 0) is 43.2 Å². The van der Waals surface area contributed by atoms with Gasteiger partial charge in [0.05, 0.1) is 5.69 Å². The van der Waals surface area contributed by atoms with Crippen molar-refractivity contribution in [2.24, 2.45) is 5.41 Å². The largest absolute Gasteiger partial charge is 0.381 e. The fraction of sp³-hybridized carbons (Fsp3) is 0.625. The molecule has 0 unspecified atom stereocenters. The summed E-state index contributed by atoms with van der Waals surface area (Å²) in [5.74, 6) is 0. The second-order valence-electron chi connectivity index (χ2n) is 6.58. The maximum atomic E-state index is 12.2. The van der Waals surface area contributed by atoms with E-state index in [1.807, 2.05) is 12.1 Å². The van der Waals surface area contributed by atoms with Crippen LogP contribution in [0.4, 0.5) is 5.69 Å². The van der Waals surface area contributed by atoms with Crippen LogP contribution in [0.25, 0.3) is 0 Å². The van der Waals surface area contributed by atoms with E-state index in [0.29, 0.717) is 28.6 Å². The Morgan fingerprint density at radius 3 is 2.43 bits per heavy atom. The van der Waals surface area contributed by atoms with Crippen LogP contribution in [0.2, 0.25) is 0 Å². The van der Waals surface area contributed by atoms with Gasteiger partial charge in [0.2, 0.25) is 10.0 Å². The van der Waals surface area contributed by atoms with Crippen molar-refractivity contribution in [3.63, 3.8) is 0 Å². The van der Waals surface area contributed by atoms with Crippen molar-refractivity contribution in [3.8, 4) is 0 Å². The van der Waals surface area contributed by atoms with Crippen LogP contribution in [0.15, 0.2) is 29.2 Å². The topological polar surface area (TPSA) is 58.2 Å². The number of rotatable bonds is 5. The molecule has 1 saturated carbocycles. The lowest BCUT2D eigenvalue weighted by Crippen LogP contribution is -2.31. The van der Waals surface area contributed by atoms with Crippen molar-refractivity contribution in [1.29, 1.82) is 0 Å². The van der Waals surface area contributed by atoms with E-state index in [1.54, 1.807) is 19.1 Å². The molecule has 1 aliphatic rings. The molecule has 0 amide bonds. The summed E-state index contributed by atoms with van der Waals surface area (Å²) in [6.45, 7) is 6.78. The Morgan fingerprint density at radius 1 is 1.19 bits per heavy atom. The minimum absolute atomic E-state index is 0.344. The lowest BCUT2D eigenvalue weighted by molar-refractivity contribution is 0.232. The first-order chi connectivity index (χ1) is 9.84. The number of hydrogen-bond acceptors (Lipinski definition) is 3. The summed E-state index contributed by atoms with van der Waals surface area (Å²) in [6.07, 6.45) is 4.52. The van der Waals surface area contributed by atoms with Crippen LogP contribution in [-0.2, 0) is 10.0 Å². The number of hydrogen-bond donors (Lipinski definition) is 2. The number of benzene rings is 1. The third-order valence-electron chi connectivity index (χ3n) is 4.21. The summed E-state index contributed by atoms with van der Waals surface area (Å²) in [5.41, 5.74) is 1.12. The highest BCUT2D eigenvalue weighted by Gasteiger charge is 2.27. The minimum atomic E-state index is -3.43. The van der Waals surface area contributed by atoms with E-state index in [4.69, 9.17) is 0 Å². The van der Waals surface area contributed by atoms with Gasteiger partial charge in [0.15, 0.2) is 0 Å². The molecule has 1 aromatic rings. The van der Waals surface area contributed by atoms with Crippen LogP contribution >= 0.6 is 0 Å². The van der Waals surface area contributed by atoms with Crippen LogP contribution < -0.4 is 10.0 Å². The molecule has 21 heavy (non-hydrogen) atoms. The Kier molecular flexibility index (Phi) is 4.94. The van der Waals surface area contributed by atoms with Gasteiger partial charge in [0.1, 0.15) is 4.90 Å². The van der Waals surface area contributed by atoms with Crippen molar-refractivity contribution in [2.75, 3.05) is 11.9 Å². The third kappa shape index (κ3) is 4.20. The lowest BCUT2D eigenvalue weighted by Gasteiger charge is -2.35. The summed E-state index contributed by atoms with van der Waals surface area (Å²) in [4.78, 5) is 0.344. The van der Waals surface area contributed by atoms with Gasteiger partial charge >= 0.3 is 0 Å². The van der Waals surface area contributed by atoms with Crippen molar-refractivity contribution >= 4 is 15.7 Å². The minimum Gasteiger partial charge on any atom is -0.381 e. The average Bonchev–Trinajstić information content (AvgIpc) is 2.42. The monoisotopic (exact) mass is 310 g/mol. The molecule has 0 bridgehead atoms. The number of nitrogens with one attached hydrogen (secondary N) is 2. The Bertz CT molecular complexity index is 572. The zero-order valence-electron chi connectivity index (χ0n) is 13.1. The maximum absolute atomic E-state index is 12.2. The fourth-order valence-electron chi connectivity index (χ4n) is 2.85. The average molecular weight is 310 g/mol. The fourth-order valence-corrected chi connectivity index (χ4v) is 4.06. The molecular weight excluding hydrogens is 284 g/mol. The zero-order valence-corrected chi connectivity index (χ0v) is 14.0. The summed E-state index contributed by atoms with van der Waals surface area (Å²) >= 11 is 0. The number of sulfonamides is 1. The molecule has 1 aliphatic carbocycles. The van der Waals surface area contributed by atoms with Gasteiger partial charge in [0, 0.05) is 12.6 Å². The van der Waals surface area contributed by atoms with E-state index >= 15 is 0 Å². The quantitative estimate of drug-likeness (QED) is 0.876. The molecule has 0 aliphatic heterocycles. The molecule has 0 radical (unpaired) electrons. The number of para-hydroxylation sites is 1. The van der Waals surface area contributed by atoms with Crippen LogP contribution in [-0.4, -0.2) is 21.0 Å². The molecule has 5 heteroatoms. The van der Waals surface area contributed by atoms with E-state index in [-0.39, 0.29) is 0 Å². The SMILES string of the molecule is CCNS(=O)(=O)c1ccccc1NC1CCC(C)(C)CC1. The summed E-state index contributed by atoms with van der Waals surface area (Å²) < 4.78 is 27.1. The van der Waals surface area contributed by atoms with Gasteiger partial charge in [0.25, 0.3) is 0 Å². The standard InChI is InChI=1S/C16H26N2O2S/c1-4-17-21(19,20)15-8-6-5-7-14(15)18-13-9-11-16(2,3)12-10-13/h5-8,13,17-18H,4,9-12H2,1-3H3. The first-order valence-corrected chi connectivity index (χ1v) is 9.18. The third-order valence-corrected chi connectivity index (χ3v) is 5.81. The first-order valence-electron chi connectivity index (χ1n) is 7.69. The molecule has 4 nitrogen and oxygen atoms in total. The normalized spacial score (nSPS) is 19.4. The predicted molar refractivity (Wildman–Crippen MR) is 87.0 cm³/mol. The molecule has 1 aromatic carbocycles. The Balaban J connectivity index is 2.15. The van der Waals surface area contributed by atoms with Gasteiger partial charge in [-0.3, -0.25) is 0 Å². The zero-order chi connectivity index (χ0) is 15.5. The molecule has 0 atom stereocenters. The van der Waals surface area contributed by atoms with Gasteiger partial charge in [-0.25, -0.2) is 13.1 Å². The highest BCUT2D eigenvalue weighted by Crippen LogP contribution is 2.36. The Labute approximate surface area is 128 Å². The van der Waals surface area contributed by atoms with E-state index in [1.165, 1.54) is 12.8 Å². The van der Waals surface area contributed by atoms with E-state index in [2.05, 4.69) is 23.9 Å². The molecule has 1 fully saturated rings. The maximum Gasteiger partial charge on any atom is 0.242 e. The van der Waals surface area contributed by atoms with Crippen molar-refractivity contribution in [3.05, 3.63) is 24.3 Å². The van der Waals surface area contributed by atoms with Crippen LogP contribution in [0, 0.1) is 5.41 Å². The van der Waals surface area contributed by atoms with Gasteiger partial charge in [-0.15, -0.1) is 0 Å². The van der Waals surface area contributed by atoms with Crippen LogP contribution in [0.5, 0.6) is 0 Å². The lowest BCUT2D eigenvalue weighted by atomic mass is 9.75. The molecule has 2 N–H and O–H groups in total. The van der Waals surface area contributed by atoms with Crippen molar-refractivity contribution in [1.82, 2.24) is 4.72 Å². The van der Waals surface area contributed by atoms with Crippen LogP contribution in [0.1, 0.15) is 46.5 Å². The summed E-state index contributed by atoms with van der Waals surface area (Å²) in [5, 5.41) is 3.43. The highest BCUT2D eigenvalue weighted by atomic mass is 32.2. The van der Waals surface area contributed by atoms with Gasteiger partial charge in [-0.2, -0.15) is 0 Å². The van der Waals surface area contributed by atoms with E-state index in [9.17, 15) is 8.42 Å². The Hall–Kier alpha value is -1.07. The highest BCUT2D eigenvalue weighted by molar-refractivity contribution is 7.89. The Morgan fingerprint density at radius 2 is 1.81 bits per heavy atom. The molecule has 0 saturated heterocycles.